The zero-order chi connectivity index (χ0) is 20.2. The summed E-state index contributed by atoms with van der Waals surface area (Å²) in [6.45, 7) is 8.87. The zero-order valence-electron chi connectivity index (χ0n) is 17.5. The highest BCUT2D eigenvalue weighted by Crippen LogP contribution is 2.24. The second-order valence-electron chi connectivity index (χ2n) is 8.23. The van der Waals surface area contributed by atoms with Crippen molar-refractivity contribution in [2.45, 2.75) is 91.2 Å². The summed E-state index contributed by atoms with van der Waals surface area (Å²) >= 11 is 0. The summed E-state index contributed by atoms with van der Waals surface area (Å²) in [5, 5.41) is 6.08. The van der Waals surface area contributed by atoms with Crippen molar-refractivity contribution in [2.24, 2.45) is 11.8 Å². The van der Waals surface area contributed by atoms with Crippen LogP contribution in [0.2, 0.25) is 0 Å². The van der Waals surface area contributed by atoms with E-state index in [1.54, 1.807) is 0 Å². The number of hydrogen-bond donors (Lipinski definition) is 2. The summed E-state index contributed by atoms with van der Waals surface area (Å²) in [5.41, 5.74) is 0. The number of ketones is 1. The molecule has 1 fully saturated rings. The molecule has 0 aromatic rings. The maximum Gasteiger partial charge on any atom is 0.222 e. The smallest absolute Gasteiger partial charge is 0.222 e. The molecule has 1 saturated carbocycles. The van der Waals surface area contributed by atoms with Crippen LogP contribution in [0, 0.1) is 11.8 Å². The van der Waals surface area contributed by atoms with Crippen LogP contribution in [-0.2, 0) is 19.1 Å². The number of ether oxygens (including phenoxy) is 1. The lowest BCUT2D eigenvalue weighted by atomic mass is 9.86. The number of nitrogens with one attached hydrogen (secondary N) is 2. The van der Waals surface area contributed by atoms with E-state index in [2.05, 4.69) is 10.6 Å². The first-order chi connectivity index (χ1) is 12.8. The van der Waals surface area contributed by atoms with Gasteiger partial charge in [0.2, 0.25) is 11.8 Å². The molecule has 0 bridgehead atoms. The minimum absolute atomic E-state index is 0.0435. The van der Waals surface area contributed by atoms with Crippen LogP contribution in [-0.4, -0.2) is 42.9 Å². The molecule has 0 aromatic heterocycles. The predicted octanol–water partition coefficient (Wildman–Crippen LogP) is 2.99. The van der Waals surface area contributed by atoms with E-state index in [9.17, 15) is 14.4 Å². The lowest BCUT2D eigenvalue weighted by Gasteiger charge is -2.29. The largest absolute Gasteiger partial charge is 0.378 e. The first kappa shape index (κ1) is 23.6. The van der Waals surface area contributed by atoms with Crippen LogP contribution in [0.4, 0.5) is 0 Å². The average molecular weight is 383 g/mol. The molecule has 0 heterocycles. The van der Waals surface area contributed by atoms with Crippen molar-refractivity contribution in [1.29, 1.82) is 0 Å². The van der Waals surface area contributed by atoms with E-state index < -0.39 is 0 Å². The Kier molecular flexibility index (Phi) is 11.3. The van der Waals surface area contributed by atoms with Crippen molar-refractivity contribution in [3.63, 3.8) is 0 Å². The Morgan fingerprint density at radius 1 is 0.926 bits per heavy atom. The number of hydrogen-bond acceptors (Lipinski definition) is 4. The molecule has 0 aliphatic heterocycles. The molecule has 2 amide bonds. The molecule has 0 saturated heterocycles. The summed E-state index contributed by atoms with van der Waals surface area (Å²) < 4.78 is 5.39. The maximum absolute atomic E-state index is 12.0. The number of amides is 2. The van der Waals surface area contributed by atoms with Crippen LogP contribution in [0.25, 0.3) is 0 Å². The summed E-state index contributed by atoms with van der Waals surface area (Å²) in [5.74, 6) is 0.847. The van der Waals surface area contributed by atoms with Gasteiger partial charge < -0.3 is 15.4 Å². The fourth-order valence-electron chi connectivity index (χ4n) is 3.26. The van der Waals surface area contributed by atoms with Crippen molar-refractivity contribution in [2.75, 3.05) is 13.2 Å². The lowest BCUT2D eigenvalue weighted by Crippen LogP contribution is -2.39. The van der Waals surface area contributed by atoms with Gasteiger partial charge in [-0.1, -0.05) is 13.8 Å². The molecule has 1 rings (SSSR count). The van der Waals surface area contributed by atoms with Crippen molar-refractivity contribution in [3.05, 3.63) is 0 Å². The molecule has 1 aliphatic carbocycles. The molecule has 6 nitrogen and oxygen atoms in total. The third-order valence-corrected chi connectivity index (χ3v) is 5.05. The van der Waals surface area contributed by atoms with Gasteiger partial charge in [0.1, 0.15) is 5.78 Å². The molecule has 0 atom stereocenters. The highest BCUT2D eigenvalue weighted by atomic mass is 16.5. The van der Waals surface area contributed by atoms with Gasteiger partial charge in [-0.3, -0.25) is 14.4 Å². The summed E-state index contributed by atoms with van der Waals surface area (Å²) in [4.78, 5) is 35.4. The summed E-state index contributed by atoms with van der Waals surface area (Å²) in [6.07, 6.45) is 6.03. The SMILES string of the molecule is CC(C)OCCC(=O)NC[C@H]1CC[C@H](NC(=O)CCCC(=O)C(C)C)CC1. The molecule has 0 radical (unpaired) electrons. The van der Waals surface area contributed by atoms with Gasteiger partial charge in [-0.15, -0.1) is 0 Å². The van der Waals surface area contributed by atoms with Gasteiger partial charge in [-0.25, -0.2) is 0 Å². The van der Waals surface area contributed by atoms with E-state index in [1.807, 2.05) is 27.7 Å². The van der Waals surface area contributed by atoms with E-state index in [0.717, 1.165) is 25.7 Å². The van der Waals surface area contributed by atoms with Gasteiger partial charge >= 0.3 is 0 Å². The van der Waals surface area contributed by atoms with Crippen LogP contribution in [0.1, 0.15) is 79.1 Å². The standard InChI is InChI=1S/C21H38N2O4/c1-15(2)19(24)6-5-7-21(26)23-18-10-8-17(9-11-18)14-22-20(25)12-13-27-16(3)4/h15-18H,5-14H2,1-4H3,(H,22,25)(H,23,26)/t17-,18-. The van der Waals surface area contributed by atoms with Gasteiger partial charge in [0, 0.05) is 37.8 Å². The van der Waals surface area contributed by atoms with Gasteiger partial charge in [0.15, 0.2) is 0 Å². The second kappa shape index (κ2) is 12.9. The Morgan fingerprint density at radius 2 is 1.59 bits per heavy atom. The van der Waals surface area contributed by atoms with Gasteiger partial charge in [-0.2, -0.15) is 0 Å². The third-order valence-electron chi connectivity index (χ3n) is 5.05. The van der Waals surface area contributed by atoms with E-state index in [1.165, 1.54) is 0 Å². The molecule has 0 unspecified atom stereocenters. The van der Waals surface area contributed by atoms with E-state index in [0.29, 0.717) is 44.8 Å². The average Bonchev–Trinajstić information content (AvgIpc) is 2.60. The molecular weight excluding hydrogens is 344 g/mol. The molecule has 2 N–H and O–H groups in total. The van der Waals surface area contributed by atoms with Crippen molar-refractivity contribution in [3.8, 4) is 0 Å². The van der Waals surface area contributed by atoms with Crippen molar-refractivity contribution in [1.82, 2.24) is 10.6 Å². The van der Waals surface area contributed by atoms with Crippen molar-refractivity contribution < 1.29 is 19.1 Å². The fraction of sp³-hybridized carbons (Fsp3) is 0.857. The van der Waals surface area contributed by atoms with E-state index >= 15 is 0 Å². The summed E-state index contributed by atoms with van der Waals surface area (Å²) in [6, 6.07) is 0.227. The number of carbonyl (C=O) groups is 3. The molecule has 27 heavy (non-hydrogen) atoms. The van der Waals surface area contributed by atoms with E-state index in [4.69, 9.17) is 4.74 Å². The van der Waals surface area contributed by atoms with Gasteiger partial charge in [-0.05, 0) is 51.9 Å². The highest BCUT2D eigenvalue weighted by molar-refractivity contribution is 5.81. The van der Waals surface area contributed by atoms with Crippen LogP contribution in [0.3, 0.4) is 0 Å². The highest BCUT2D eigenvalue weighted by Gasteiger charge is 2.22. The van der Waals surface area contributed by atoms with Crippen LogP contribution < -0.4 is 10.6 Å². The molecule has 6 heteroatoms. The number of carbonyl (C=O) groups excluding carboxylic acids is 3. The molecule has 156 valence electrons. The molecule has 0 aromatic carbocycles. The molecule has 0 spiro atoms. The normalized spacial score (nSPS) is 19.9. The third kappa shape index (κ3) is 11.1. The predicted molar refractivity (Wildman–Crippen MR) is 106 cm³/mol. The van der Waals surface area contributed by atoms with Crippen LogP contribution >= 0.6 is 0 Å². The maximum atomic E-state index is 12.0. The first-order valence-corrected chi connectivity index (χ1v) is 10.5. The summed E-state index contributed by atoms with van der Waals surface area (Å²) in [7, 11) is 0. The van der Waals surface area contributed by atoms with Crippen LogP contribution in [0.15, 0.2) is 0 Å². The Morgan fingerprint density at radius 3 is 2.19 bits per heavy atom. The number of rotatable bonds is 12. The fourth-order valence-corrected chi connectivity index (χ4v) is 3.26. The van der Waals surface area contributed by atoms with Gasteiger partial charge in [0.25, 0.3) is 0 Å². The van der Waals surface area contributed by atoms with Crippen molar-refractivity contribution >= 4 is 17.6 Å². The number of Topliss-reactive ketones (excluding diaryl/α,β-unsaturated/α-hetero) is 1. The minimum atomic E-state index is 0.0435. The van der Waals surface area contributed by atoms with Gasteiger partial charge in [0.05, 0.1) is 12.7 Å². The second-order valence-corrected chi connectivity index (χ2v) is 8.23. The Balaban J connectivity index is 2.11. The lowest BCUT2D eigenvalue weighted by molar-refractivity contribution is -0.124. The Bertz CT molecular complexity index is 469. The monoisotopic (exact) mass is 382 g/mol. The topological polar surface area (TPSA) is 84.5 Å². The quantitative estimate of drug-likeness (QED) is 0.543. The minimum Gasteiger partial charge on any atom is -0.378 e. The zero-order valence-corrected chi connectivity index (χ0v) is 17.5. The molecule has 1 aliphatic rings. The van der Waals surface area contributed by atoms with E-state index in [-0.39, 0.29) is 35.7 Å². The molecular formula is C21H38N2O4. The Hall–Kier alpha value is -1.43. The van der Waals surface area contributed by atoms with Crippen LogP contribution in [0.5, 0.6) is 0 Å². The Labute approximate surface area is 164 Å². The first-order valence-electron chi connectivity index (χ1n) is 10.5.